The van der Waals surface area contributed by atoms with Gasteiger partial charge in [-0.3, -0.25) is 4.79 Å². The molecule has 0 aromatic heterocycles. The molecular formula is C13H9BrF2N2O. The highest BCUT2D eigenvalue weighted by Gasteiger charge is 2.12. The van der Waals surface area contributed by atoms with Gasteiger partial charge in [0.25, 0.3) is 5.91 Å². The Morgan fingerprint density at radius 2 is 1.95 bits per heavy atom. The van der Waals surface area contributed by atoms with Gasteiger partial charge in [0.1, 0.15) is 0 Å². The minimum atomic E-state index is -1.10. The summed E-state index contributed by atoms with van der Waals surface area (Å²) in [6.45, 7) is 0. The molecule has 0 bridgehead atoms. The van der Waals surface area contributed by atoms with Crippen molar-refractivity contribution in [1.82, 2.24) is 0 Å². The molecule has 2 rings (SSSR count). The zero-order valence-electron chi connectivity index (χ0n) is 9.58. The van der Waals surface area contributed by atoms with Gasteiger partial charge in [0.2, 0.25) is 0 Å². The Hall–Kier alpha value is -1.95. The van der Waals surface area contributed by atoms with Crippen LogP contribution in [-0.4, -0.2) is 5.91 Å². The van der Waals surface area contributed by atoms with Crippen LogP contribution in [0.3, 0.4) is 0 Å². The summed E-state index contributed by atoms with van der Waals surface area (Å²) in [6, 6.07) is 8.13. The zero-order chi connectivity index (χ0) is 14.0. The van der Waals surface area contributed by atoms with Crippen LogP contribution in [0.1, 0.15) is 10.4 Å². The van der Waals surface area contributed by atoms with E-state index in [0.29, 0.717) is 10.2 Å². The normalized spacial score (nSPS) is 10.3. The van der Waals surface area contributed by atoms with E-state index in [1.165, 1.54) is 24.3 Å². The lowest BCUT2D eigenvalue weighted by Crippen LogP contribution is -2.13. The summed E-state index contributed by atoms with van der Waals surface area (Å²) in [5.74, 6) is -2.68. The number of amides is 1. The number of benzene rings is 2. The predicted molar refractivity (Wildman–Crippen MR) is 72.9 cm³/mol. The zero-order valence-corrected chi connectivity index (χ0v) is 11.2. The number of nitrogens with one attached hydrogen (secondary N) is 1. The Morgan fingerprint density at radius 1 is 1.21 bits per heavy atom. The van der Waals surface area contributed by atoms with Crippen LogP contribution in [0.5, 0.6) is 0 Å². The number of nitrogen functional groups attached to an aromatic ring is 1. The first kappa shape index (κ1) is 13.5. The largest absolute Gasteiger partial charge is 0.398 e. The number of hydrogen-bond acceptors (Lipinski definition) is 2. The maximum atomic E-state index is 13.4. The Bertz CT molecular complexity index is 647. The van der Waals surface area contributed by atoms with Crippen LogP contribution < -0.4 is 11.1 Å². The third-order valence-corrected chi connectivity index (χ3v) is 3.18. The molecule has 0 aliphatic carbocycles. The Labute approximate surface area is 116 Å². The van der Waals surface area contributed by atoms with Gasteiger partial charge >= 0.3 is 0 Å². The molecule has 0 aliphatic rings. The molecule has 19 heavy (non-hydrogen) atoms. The van der Waals surface area contributed by atoms with Crippen molar-refractivity contribution in [2.24, 2.45) is 0 Å². The number of nitrogens with two attached hydrogens (primary N) is 1. The fraction of sp³-hybridized carbons (Fsp3) is 0. The molecule has 0 unspecified atom stereocenters. The van der Waals surface area contributed by atoms with Crippen LogP contribution >= 0.6 is 15.9 Å². The van der Waals surface area contributed by atoms with Gasteiger partial charge in [0.05, 0.1) is 5.69 Å². The van der Waals surface area contributed by atoms with Gasteiger partial charge < -0.3 is 11.1 Å². The predicted octanol–water partition coefficient (Wildman–Crippen LogP) is 3.56. The second kappa shape index (κ2) is 5.36. The summed E-state index contributed by atoms with van der Waals surface area (Å²) in [4.78, 5) is 11.9. The molecule has 3 nitrogen and oxygen atoms in total. The van der Waals surface area contributed by atoms with Crippen LogP contribution in [0.25, 0.3) is 0 Å². The molecule has 6 heteroatoms. The smallest absolute Gasteiger partial charge is 0.255 e. The van der Waals surface area contributed by atoms with Crippen LogP contribution in [0.15, 0.2) is 40.9 Å². The Morgan fingerprint density at radius 3 is 2.63 bits per heavy atom. The summed E-state index contributed by atoms with van der Waals surface area (Å²) in [5.41, 5.74) is 6.06. The highest BCUT2D eigenvalue weighted by Crippen LogP contribution is 2.22. The van der Waals surface area contributed by atoms with Crippen molar-refractivity contribution < 1.29 is 13.6 Å². The van der Waals surface area contributed by atoms with E-state index in [1.807, 2.05) is 0 Å². The number of carbonyl (C=O) groups excluding carboxylic acids is 1. The Kier molecular flexibility index (Phi) is 3.80. The molecule has 0 heterocycles. The first-order valence-electron chi connectivity index (χ1n) is 5.29. The highest BCUT2D eigenvalue weighted by atomic mass is 79.9. The number of halogens is 3. The average molecular weight is 327 g/mol. The van der Waals surface area contributed by atoms with Gasteiger partial charge in [-0.15, -0.1) is 0 Å². The molecule has 0 atom stereocenters. The summed E-state index contributed by atoms with van der Waals surface area (Å²) in [5, 5.41) is 2.29. The van der Waals surface area contributed by atoms with E-state index in [1.54, 1.807) is 6.07 Å². The molecule has 0 saturated heterocycles. The molecule has 0 fully saturated rings. The summed E-state index contributed by atoms with van der Waals surface area (Å²) < 4.78 is 27.0. The van der Waals surface area contributed by atoms with E-state index in [9.17, 15) is 13.6 Å². The second-order valence-corrected chi connectivity index (χ2v) is 4.65. The molecule has 2 aromatic rings. The lowest BCUT2D eigenvalue weighted by molar-refractivity contribution is 0.102. The third kappa shape index (κ3) is 2.90. The standard InChI is InChI=1S/C13H9BrF2N2O/c14-8-5-4-7(6-10(8)17)13(19)18-11-3-1-2-9(15)12(11)16/h1-6H,17H2,(H,18,19). The fourth-order valence-corrected chi connectivity index (χ4v) is 1.73. The van der Waals surface area contributed by atoms with E-state index in [2.05, 4.69) is 21.2 Å². The first-order valence-corrected chi connectivity index (χ1v) is 6.08. The van der Waals surface area contributed by atoms with Crippen molar-refractivity contribution in [1.29, 1.82) is 0 Å². The molecule has 1 amide bonds. The first-order chi connectivity index (χ1) is 8.99. The minimum Gasteiger partial charge on any atom is -0.398 e. The summed E-state index contributed by atoms with van der Waals surface area (Å²) in [6.07, 6.45) is 0. The number of carbonyl (C=O) groups is 1. The number of rotatable bonds is 2. The SMILES string of the molecule is Nc1cc(C(=O)Nc2cccc(F)c2F)ccc1Br. The maximum Gasteiger partial charge on any atom is 0.255 e. The molecular weight excluding hydrogens is 318 g/mol. The van der Waals surface area contributed by atoms with Crippen molar-refractivity contribution in [2.45, 2.75) is 0 Å². The number of hydrogen-bond donors (Lipinski definition) is 2. The van der Waals surface area contributed by atoms with Crippen molar-refractivity contribution in [3.63, 3.8) is 0 Å². The van der Waals surface area contributed by atoms with Crippen LogP contribution in [0, 0.1) is 11.6 Å². The lowest BCUT2D eigenvalue weighted by atomic mass is 10.2. The molecule has 98 valence electrons. The van der Waals surface area contributed by atoms with E-state index in [0.717, 1.165) is 6.07 Å². The van der Waals surface area contributed by atoms with Gasteiger partial charge in [0.15, 0.2) is 11.6 Å². The van der Waals surface area contributed by atoms with Gasteiger partial charge in [0, 0.05) is 15.7 Å². The summed E-state index contributed by atoms with van der Waals surface area (Å²) in [7, 11) is 0. The molecule has 0 saturated carbocycles. The van der Waals surface area contributed by atoms with Crippen molar-refractivity contribution in [3.8, 4) is 0 Å². The van der Waals surface area contributed by atoms with Crippen molar-refractivity contribution in [3.05, 3.63) is 58.1 Å². The Balaban J connectivity index is 2.26. The van der Waals surface area contributed by atoms with Crippen molar-refractivity contribution >= 4 is 33.2 Å². The topological polar surface area (TPSA) is 55.1 Å². The quantitative estimate of drug-likeness (QED) is 0.829. The monoisotopic (exact) mass is 326 g/mol. The molecule has 0 aliphatic heterocycles. The van der Waals surface area contributed by atoms with Gasteiger partial charge in [-0.25, -0.2) is 8.78 Å². The van der Waals surface area contributed by atoms with E-state index in [-0.39, 0.29) is 11.3 Å². The minimum absolute atomic E-state index is 0.216. The summed E-state index contributed by atoms with van der Waals surface area (Å²) >= 11 is 3.20. The van der Waals surface area contributed by atoms with Gasteiger partial charge in [-0.2, -0.15) is 0 Å². The van der Waals surface area contributed by atoms with Crippen LogP contribution in [-0.2, 0) is 0 Å². The molecule has 3 N–H and O–H groups in total. The number of anilines is 2. The van der Waals surface area contributed by atoms with Crippen molar-refractivity contribution in [2.75, 3.05) is 11.1 Å². The van der Waals surface area contributed by atoms with E-state index in [4.69, 9.17) is 5.73 Å². The third-order valence-electron chi connectivity index (χ3n) is 2.46. The lowest BCUT2D eigenvalue weighted by Gasteiger charge is -2.07. The molecule has 0 spiro atoms. The second-order valence-electron chi connectivity index (χ2n) is 3.79. The van der Waals surface area contributed by atoms with Gasteiger partial charge in [-0.1, -0.05) is 6.07 Å². The fourth-order valence-electron chi connectivity index (χ4n) is 1.48. The average Bonchev–Trinajstić information content (AvgIpc) is 2.38. The van der Waals surface area contributed by atoms with Crippen LogP contribution in [0.2, 0.25) is 0 Å². The molecule has 2 aromatic carbocycles. The van der Waals surface area contributed by atoms with Gasteiger partial charge in [-0.05, 0) is 46.3 Å². The van der Waals surface area contributed by atoms with E-state index < -0.39 is 17.5 Å². The molecule has 0 radical (unpaired) electrons. The van der Waals surface area contributed by atoms with E-state index >= 15 is 0 Å². The highest BCUT2D eigenvalue weighted by molar-refractivity contribution is 9.10. The maximum absolute atomic E-state index is 13.4. The van der Waals surface area contributed by atoms with Crippen LogP contribution in [0.4, 0.5) is 20.2 Å².